The van der Waals surface area contributed by atoms with Crippen LogP contribution in [0.5, 0.6) is 0 Å². The topological polar surface area (TPSA) is 69.0 Å². The number of hydrogen-bond acceptors (Lipinski definition) is 4. The van der Waals surface area contributed by atoms with Crippen LogP contribution >= 0.6 is 0 Å². The zero-order valence-corrected chi connectivity index (χ0v) is 14.7. The van der Waals surface area contributed by atoms with Crippen molar-refractivity contribution < 1.29 is 4.42 Å². The zero-order chi connectivity index (χ0) is 17.4. The quantitative estimate of drug-likeness (QED) is 0.654. The summed E-state index contributed by atoms with van der Waals surface area (Å²) in [4.78, 5) is 0. The fourth-order valence-electron chi connectivity index (χ4n) is 2.97. The highest BCUT2D eigenvalue weighted by atomic mass is 16.3. The number of rotatable bonds is 6. The lowest BCUT2D eigenvalue weighted by Gasteiger charge is -2.12. The average molecular weight is 336 g/mol. The maximum Gasteiger partial charge on any atom is 0.152 e. The van der Waals surface area contributed by atoms with E-state index in [1.165, 1.54) is 12.8 Å². The molecule has 1 aromatic carbocycles. The van der Waals surface area contributed by atoms with Crippen molar-refractivity contribution in [3.8, 4) is 17.1 Å². The molecule has 3 aromatic rings. The van der Waals surface area contributed by atoms with Gasteiger partial charge in [0.15, 0.2) is 5.76 Å². The molecule has 25 heavy (non-hydrogen) atoms. The molecule has 2 aromatic heterocycles. The van der Waals surface area contributed by atoms with Crippen LogP contribution in [0.2, 0.25) is 0 Å². The molecule has 130 valence electrons. The molecule has 5 heteroatoms. The van der Waals surface area contributed by atoms with Gasteiger partial charge in [-0.1, -0.05) is 6.92 Å². The molecule has 3 N–H and O–H groups in total. The first-order valence-electron chi connectivity index (χ1n) is 8.93. The van der Waals surface area contributed by atoms with E-state index in [1.807, 2.05) is 35.9 Å². The minimum atomic E-state index is 0.744. The Bertz CT molecular complexity index is 889. The van der Waals surface area contributed by atoms with E-state index in [4.69, 9.17) is 15.2 Å². The highest BCUT2D eigenvalue weighted by Gasteiger charge is 2.21. The standard InChI is InChI=1S/C20H24N4O/c1-3-15-10-19(20-9-4-13(2)25-20)24(23-15)16-7-8-18(17(21)11-16)22-12-14-5-6-14/h4,7-11,14,22H,3,5-6,12,21H2,1-2H3. The van der Waals surface area contributed by atoms with Crippen molar-refractivity contribution in [1.82, 2.24) is 9.78 Å². The van der Waals surface area contributed by atoms with Gasteiger partial charge >= 0.3 is 0 Å². The van der Waals surface area contributed by atoms with Crippen LogP contribution in [0.4, 0.5) is 11.4 Å². The monoisotopic (exact) mass is 336 g/mol. The second-order valence-corrected chi connectivity index (χ2v) is 6.79. The number of furan rings is 1. The van der Waals surface area contributed by atoms with Crippen molar-refractivity contribution in [2.45, 2.75) is 33.1 Å². The molecule has 5 nitrogen and oxygen atoms in total. The fourth-order valence-corrected chi connectivity index (χ4v) is 2.97. The van der Waals surface area contributed by atoms with Crippen molar-refractivity contribution >= 4 is 11.4 Å². The Morgan fingerprint density at radius 3 is 2.72 bits per heavy atom. The van der Waals surface area contributed by atoms with Gasteiger partial charge in [0.25, 0.3) is 0 Å². The second-order valence-electron chi connectivity index (χ2n) is 6.79. The number of anilines is 2. The van der Waals surface area contributed by atoms with Crippen LogP contribution in [0, 0.1) is 12.8 Å². The third kappa shape index (κ3) is 3.27. The van der Waals surface area contributed by atoms with E-state index >= 15 is 0 Å². The van der Waals surface area contributed by atoms with E-state index in [0.29, 0.717) is 0 Å². The predicted molar refractivity (Wildman–Crippen MR) is 101 cm³/mol. The number of hydrogen-bond donors (Lipinski definition) is 2. The Morgan fingerprint density at radius 1 is 1.24 bits per heavy atom. The maximum absolute atomic E-state index is 6.27. The summed E-state index contributed by atoms with van der Waals surface area (Å²) >= 11 is 0. The van der Waals surface area contributed by atoms with E-state index < -0.39 is 0 Å². The summed E-state index contributed by atoms with van der Waals surface area (Å²) in [6.07, 6.45) is 3.52. The van der Waals surface area contributed by atoms with Crippen LogP contribution in [0.15, 0.2) is 40.8 Å². The molecule has 0 saturated heterocycles. The van der Waals surface area contributed by atoms with E-state index in [2.05, 4.69) is 24.4 Å². The molecular weight excluding hydrogens is 312 g/mol. The SMILES string of the molecule is CCc1cc(-c2ccc(C)o2)n(-c2ccc(NCC3CC3)c(N)c2)n1. The van der Waals surface area contributed by atoms with Gasteiger partial charge in [-0.25, -0.2) is 4.68 Å². The van der Waals surface area contributed by atoms with Crippen LogP contribution in [-0.2, 0) is 6.42 Å². The molecule has 1 saturated carbocycles. The molecule has 4 rings (SSSR count). The molecule has 0 unspecified atom stereocenters. The van der Waals surface area contributed by atoms with Gasteiger partial charge in [-0.2, -0.15) is 5.10 Å². The van der Waals surface area contributed by atoms with Crippen molar-refractivity contribution in [2.24, 2.45) is 5.92 Å². The van der Waals surface area contributed by atoms with Crippen LogP contribution < -0.4 is 11.1 Å². The van der Waals surface area contributed by atoms with Crippen molar-refractivity contribution in [2.75, 3.05) is 17.6 Å². The molecule has 0 aliphatic heterocycles. The first-order chi connectivity index (χ1) is 12.1. The number of nitrogen functional groups attached to an aromatic ring is 1. The number of nitrogens with two attached hydrogens (primary N) is 1. The van der Waals surface area contributed by atoms with Gasteiger partial charge in [0, 0.05) is 6.54 Å². The van der Waals surface area contributed by atoms with E-state index in [-0.39, 0.29) is 0 Å². The van der Waals surface area contributed by atoms with Gasteiger partial charge in [0.1, 0.15) is 11.5 Å². The largest absolute Gasteiger partial charge is 0.460 e. The van der Waals surface area contributed by atoms with Crippen LogP contribution in [0.1, 0.15) is 31.2 Å². The zero-order valence-electron chi connectivity index (χ0n) is 14.7. The molecule has 0 atom stereocenters. The first-order valence-corrected chi connectivity index (χ1v) is 8.93. The molecular formula is C20H24N4O. The minimum absolute atomic E-state index is 0.744. The molecule has 0 bridgehead atoms. The number of aryl methyl sites for hydroxylation is 2. The molecule has 1 aliphatic rings. The molecule has 1 fully saturated rings. The summed E-state index contributed by atoms with van der Waals surface area (Å²) in [5.74, 6) is 2.52. The highest BCUT2D eigenvalue weighted by molar-refractivity contribution is 5.70. The molecule has 0 radical (unpaired) electrons. The third-order valence-corrected chi connectivity index (χ3v) is 4.67. The normalized spacial score (nSPS) is 14.0. The Labute approximate surface area is 147 Å². The van der Waals surface area contributed by atoms with Gasteiger partial charge in [-0.15, -0.1) is 0 Å². The Kier molecular flexibility index (Phi) is 3.99. The summed E-state index contributed by atoms with van der Waals surface area (Å²) in [6.45, 7) is 5.05. The maximum atomic E-state index is 6.27. The minimum Gasteiger partial charge on any atom is -0.460 e. The summed E-state index contributed by atoms with van der Waals surface area (Å²) < 4.78 is 7.73. The Morgan fingerprint density at radius 2 is 2.08 bits per heavy atom. The third-order valence-electron chi connectivity index (χ3n) is 4.67. The molecule has 0 amide bonds. The fraction of sp³-hybridized carbons (Fsp3) is 0.350. The van der Waals surface area contributed by atoms with Crippen molar-refractivity contribution in [3.63, 3.8) is 0 Å². The Hall–Kier alpha value is -2.69. The number of nitrogens with zero attached hydrogens (tertiary/aromatic N) is 2. The van der Waals surface area contributed by atoms with Gasteiger partial charge in [-0.3, -0.25) is 0 Å². The van der Waals surface area contributed by atoms with Crippen LogP contribution in [-0.4, -0.2) is 16.3 Å². The lowest BCUT2D eigenvalue weighted by atomic mass is 10.2. The molecule has 1 aliphatic carbocycles. The lowest BCUT2D eigenvalue weighted by molar-refractivity contribution is 0.544. The van der Waals surface area contributed by atoms with Crippen molar-refractivity contribution in [3.05, 3.63) is 47.9 Å². The average Bonchev–Trinajstić information content (AvgIpc) is 3.17. The van der Waals surface area contributed by atoms with Crippen LogP contribution in [0.3, 0.4) is 0 Å². The molecule has 0 spiro atoms. The summed E-state index contributed by atoms with van der Waals surface area (Å²) in [5.41, 5.74) is 10.9. The number of nitrogens with one attached hydrogen (secondary N) is 1. The van der Waals surface area contributed by atoms with Crippen molar-refractivity contribution in [1.29, 1.82) is 0 Å². The predicted octanol–water partition coefficient (Wildman–Crippen LogP) is 4.41. The summed E-state index contributed by atoms with van der Waals surface area (Å²) in [6, 6.07) is 12.1. The van der Waals surface area contributed by atoms with Gasteiger partial charge in [0.05, 0.1) is 22.8 Å². The number of aromatic nitrogens is 2. The highest BCUT2D eigenvalue weighted by Crippen LogP contribution is 2.31. The van der Waals surface area contributed by atoms with Gasteiger partial charge in [-0.05, 0) is 68.5 Å². The molecule has 2 heterocycles. The Balaban J connectivity index is 1.68. The second kappa shape index (κ2) is 6.31. The summed E-state index contributed by atoms with van der Waals surface area (Å²) in [5, 5.41) is 8.17. The van der Waals surface area contributed by atoms with E-state index in [1.54, 1.807) is 0 Å². The smallest absolute Gasteiger partial charge is 0.152 e. The van der Waals surface area contributed by atoms with Gasteiger partial charge in [0.2, 0.25) is 0 Å². The van der Waals surface area contributed by atoms with Gasteiger partial charge < -0.3 is 15.5 Å². The van der Waals surface area contributed by atoms with Crippen LogP contribution in [0.25, 0.3) is 17.1 Å². The van der Waals surface area contributed by atoms with E-state index in [9.17, 15) is 0 Å². The first kappa shape index (κ1) is 15.8. The summed E-state index contributed by atoms with van der Waals surface area (Å²) in [7, 11) is 0. The number of benzene rings is 1. The lowest BCUT2D eigenvalue weighted by Crippen LogP contribution is -2.07. The van der Waals surface area contributed by atoms with E-state index in [0.717, 1.165) is 58.9 Å².